The van der Waals surface area contributed by atoms with Crippen molar-refractivity contribution in [1.82, 2.24) is 10.2 Å². The number of amides is 2. The van der Waals surface area contributed by atoms with E-state index >= 15 is 0 Å². The molecule has 5 aliphatic rings. The van der Waals surface area contributed by atoms with E-state index in [4.69, 9.17) is 4.74 Å². The molecule has 0 radical (unpaired) electrons. The number of carbonyl (C=O) groups is 2. The summed E-state index contributed by atoms with van der Waals surface area (Å²) in [5.41, 5.74) is 2.81. The molecule has 0 aromatic heterocycles. The van der Waals surface area contributed by atoms with Crippen molar-refractivity contribution < 1.29 is 22.7 Å². The molecular formula is C36H49N3O5S. The van der Waals surface area contributed by atoms with Gasteiger partial charge in [-0.3, -0.25) is 13.9 Å². The molecule has 0 unspecified atom stereocenters. The number of hydrogen-bond donors (Lipinski definition) is 1. The highest BCUT2D eigenvalue weighted by atomic mass is 32.2. The molecule has 5 saturated carbocycles. The topological polar surface area (TPSA) is 96.0 Å². The van der Waals surface area contributed by atoms with Crippen LogP contribution in [0, 0.1) is 17.8 Å². The predicted molar refractivity (Wildman–Crippen MR) is 177 cm³/mol. The Morgan fingerprint density at radius 1 is 0.911 bits per heavy atom. The van der Waals surface area contributed by atoms with Crippen molar-refractivity contribution in [2.45, 2.75) is 102 Å². The number of methoxy groups -OCH3 is 1. The van der Waals surface area contributed by atoms with Gasteiger partial charge in [-0.15, -0.1) is 0 Å². The first-order valence-electron chi connectivity index (χ1n) is 16.8. The molecule has 2 amide bonds. The first kappa shape index (κ1) is 31.9. The summed E-state index contributed by atoms with van der Waals surface area (Å²) in [4.78, 5) is 29.0. The lowest BCUT2D eigenvalue weighted by Gasteiger charge is -2.57. The van der Waals surface area contributed by atoms with Gasteiger partial charge in [-0.25, -0.2) is 8.42 Å². The molecule has 0 spiro atoms. The molecule has 1 N–H and O–H groups in total. The van der Waals surface area contributed by atoms with Crippen molar-refractivity contribution in [3.8, 4) is 5.75 Å². The highest BCUT2D eigenvalue weighted by Gasteiger charge is 2.51. The Kier molecular flexibility index (Phi) is 9.19. The summed E-state index contributed by atoms with van der Waals surface area (Å²) in [6, 6.07) is 14.6. The zero-order valence-corrected chi connectivity index (χ0v) is 27.9. The van der Waals surface area contributed by atoms with Crippen molar-refractivity contribution in [3.63, 3.8) is 0 Å². The first-order chi connectivity index (χ1) is 21.5. The van der Waals surface area contributed by atoms with Gasteiger partial charge in [-0.05, 0) is 117 Å². The lowest BCUT2D eigenvalue weighted by Crippen LogP contribution is -2.53. The van der Waals surface area contributed by atoms with Gasteiger partial charge in [0.05, 0.1) is 19.1 Å². The monoisotopic (exact) mass is 635 g/mol. The molecule has 8 nitrogen and oxygen atoms in total. The van der Waals surface area contributed by atoms with E-state index in [1.54, 1.807) is 14.0 Å². The van der Waals surface area contributed by atoms with E-state index in [-0.39, 0.29) is 30.5 Å². The van der Waals surface area contributed by atoms with E-state index in [2.05, 4.69) is 17.4 Å². The number of sulfonamides is 1. The quantitative estimate of drug-likeness (QED) is 0.337. The second-order valence-corrected chi connectivity index (χ2v) is 16.3. The summed E-state index contributed by atoms with van der Waals surface area (Å²) in [6.07, 6.45) is 14.1. The summed E-state index contributed by atoms with van der Waals surface area (Å²) in [5, 5.41) is 3.15. The van der Waals surface area contributed by atoms with E-state index in [1.165, 1.54) is 59.7 Å². The number of nitrogens with one attached hydrogen (secondary N) is 1. The van der Waals surface area contributed by atoms with Crippen molar-refractivity contribution in [1.29, 1.82) is 0 Å². The van der Waals surface area contributed by atoms with Crippen LogP contribution in [0.25, 0.3) is 0 Å². The summed E-state index contributed by atoms with van der Waals surface area (Å²) in [5.74, 6) is 2.50. The molecule has 7 rings (SSSR count). The van der Waals surface area contributed by atoms with Crippen LogP contribution >= 0.6 is 0 Å². The normalized spacial score (nSPS) is 26.7. The van der Waals surface area contributed by atoms with Gasteiger partial charge in [0.1, 0.15) is 18.3 Å². The van der Waals surface area contributed by atoms with Crippen LogP contribution in [0.1, 0.15) is 88.7 Å². The molecule has 1 atom stereocenters. The molecule has 9 heteroatoms. The molecular weight excluding hydrogens is 586 g/mol. The zero-order chi connectivity index (χ0) is 31.8. The molecule has 0 aliphatic heterocycles. The third-order valence-electron chi connectivity index (χ3n) is 11.1. The van der Waals surface area contributed by atoms with Gasteiger partial charge >= 0.3 is 0 Å². The Morgan fingerprint density at radius 3 is 2.02 bits per heavy atom. The predicted octanol–water partition coefficient (Wildman–Crippen LogP) is 5.80. The Balaban J connectivity index is 1.22. The summed E-state index contributed by atoms with van der Waals surface area (Å²) < 4.78 is 32.8. The largest absolute Gasteiger partial charge is 0.497 e. The number of hydrogen-bond acceptors (Lipinski definition) is 5. The van der Waals surface area contributed by atoms with Gasteiger partial charge < -0.3 is 15.0 Å². The van der Waals surface area contributed by atoms with Crippen LogP contribution in [0.5, 0.6) is 5.75 Å². The average Bonchev–Trinajstić information content (AvgIpc) is 3.01. The van der Waals surface area contributed by atoms with Crippen LogP contribution in [0.15, 0.2) is 48.5 Å². The number of carbonyl (C=O) groups excluding carboxylic acids is 2. The number of anilines is 1. The molecule has 45 heavy (non-hydrogen) atoms. The fraction of sp³-hybridized carbons (Fsp3) is 0.611. The Hall–Kier alpha value is -3.07. The standard InChI is InChI=1S/C36H49N3O5S/c1-25(35(41)37-31-7-5-4-6-8-31)38(23-26-9-15-33(44-2)16-10-26)34(40)24-39(45(3,42)43)32-13-11-30(12-14-32)36-20-27-17-28(21-36)19-29(18-27)22-36/h9-16,25,27-29,31H,4-8,17-24H2,1-3H3,(H,37,41)/t25-,27?,28?,29?,36?/m0/s1. The van der Waals surface area contributed by atoms with Crippen LogP contribution in [0.3, 0.4) is 0 Å². The van der Waals surface area contributed by atoms with Gasteiger partial charge in [0.2, 0.25) is 21.8 Å². The third kappa shape index (κ3) is 7.03. The summed E-state index contributed by atoms with van der Waals surface area (Å²) >= 11 is 0. The maximum atomic E-state index is 14.1. The van der Waals surface area contributed by atoms with Crippen molar-refractivity contribution >= 4 is 27.5 Å². The number of nitrogens with zero attached hydrogens (tertiary/aromatic N) is 2. The lowest BCUT2D eigenvalue weighted by atomic mass is 9.48. The first-order valence-corrected chi connectivity index (χ1v) is 18.7. The fourth-order valence-corrected chi connectivity index (χ4v) is 9.99. The van der Waals surface area contributed by atoms with Crippen LogP contribution in [0.4, 0.5) is 5.69 Å². The van der Waals surface area contributed by atoms with Crippen LogP contribution in [-0.4, -0.2) is 57.1 Å². The van der Waals surface area contributed by atoms with Crippen LogP contribution < -0.4 is 14.4 Å². The van der Waals surface area contributed by atoms with E-state index in [0.717, 1.165) is 55.3 Å². The van der Waals surface area contributed by atoms with Crippen molar-refractivity contribution in [2.24, 2.45) is 17.8 Å². The molecule has 2 aromatic rings. The van der Waals surface area contributed by atoms with Crippen LogP contribution in [0.2, 0.25) is 0 Å². The molecule has 244 valence electrons. The number of ether oxygens (including phenoxy) is 1. The Morgan fingerprint density at radius 2 is 1.49 bits per heavy atom. The minimum absolute atomic E-state index is 0.103. The van der Waals surface area contributed by atoms with E-state index in [9.17, 15) is 18.0 Å². The minimum Gasteiger partial charge on any atom is -0.497 e. The molecule has 0 saturated heterocycles. The van der Waals surface area contributed by atoms with Gasteiger partial charge in [-0.2, -0.15) is 0 Å². The zero-order valence-electron chi connectivity index (χ0n) is 27.0. The summed E-state index contributed by atoms with van der Waals surface area (Å²) in [6.45, 7) is 1.52. The van der Waals surface area contributed by atoms with Crippen molar-refractivity contribution in [2.75, 3.05) is 24.2 Å². The SMILES string of the molecule is COc1ccc(CN(C(=O)CN(c2ccc(C34CC5CC(CC(C5)C3)C4)cc2)S(C)(=O)=O)[C@@H](C)C(=O)NC2CCCCC2)cc1. The molecule has 2 aromatic carbocycles. The van der Waals surface area contributed by atoms with Gasteiger partial charge in [0.15, 0.2) is 0 Å². The summed E-state index contributed by atoms with van der Waals surface area (Å²) in [7, 11) is -2.19. The minimum atomic E-state index is -3.79. The van der Waals surface area contributed by atoms with E-state index < -0.39 is 22.0 Å². The molecule has 4 bridgehead atoms. The maximum Gasteiger partial charge on any atom is 0.244 e. The van der Waals surface area contributed by atoms with Gasteiger partial charge in [-0.1, -0.05) is 43.5 Å². The molecule has 5 fully saturated rings. The highest BCUT2D eigenvalue weighted by molar-refractivity contribution is 7.92. The van der Waals surface area contributed by atoms with Crippen molar-refractivity contribution in [3.05, 3.63) is 59.7 Å². The van der Waals surface area contributed by atoms with E-state index in [0.29, 0.717) is 11.4 Å². The number of rotatable bonds is 11. The second kappa shape index (κ2) is 13.0. The van der Waals surface area contributed by atoms with E-state index in [1.807, 2.05) is 36.4 Å². The van der Waals surface area contributed by atoms with Gasteiger partial charge in [0, 0.05) is 12.6 Å². The fourth-order valence-electron chi connectivity index (χ4n) is 9.14. The smallest absolute Gasteiger partial charge is 0.244 e. The highest BCUT2D eigenvalue weighted by Crippen LogP contribution is 2.60. The lowest BCUT2D eigenvalue weighted by molar-refractivity contribution is -0.139. The van der Waals surface area contributed by atoms with Gasteiger partial charge in [0.25, 0.3) is 0 Å². The molecule has 0 heterocycles. The Bertz CT molecular complexity index is 1430. The molecule has 5 aliphatic carbocycles. The maximum absolute atomic E-state index is 14.1. The second-order valence-electron chi connectivity index (χ2n) is 14.4. The third-order valence-corrected chi connectivity index (χ3v) is 12.3. The van der Waals surface area contributed by atoms with Crippen LogP contribution in [-0.2, 0) is 31.6 Å². The Labute approximate surface area is 268 Å². The average molecular weight is 636 g/mol. The number of benzene rings is 2.